The van der Waals surface area contributed by atoms with Gasteiger partial charge in [-0.1, -0.05) is 32.1 Å². The summed E-state index contributed by atoms with van der Waals surface area (Å²) in [6.45, 7) is 12.2. The van der Waals surface area contributed by atoms with E-state index < -0.39 is 11.9 Å². The van der Waals surface area contributed by atoms with E-state index in [0.29, 0.717) is 30.1 Å². The zero-order valence-electron chi connectivity index (χ0n) is 21.6. The molecule has 1 aromatic rings. The van der Waals surface area contributed by atoms with Gasteiger partial charge in [-0.2, -0.15) is 0 Å². The van der Waals surface area contributed by atoms with Gasteiger partial charge in [-0.05, 0) is 88.2 Å². The Morgan fingerprint density at radius 1 is 1.17 bits per heavy atom. The van der Waals surface area contributed by atoms with E-state index in [9.17, 15) is 14.7 Å². The molecule has 3 fully saturated rings. The van der Waals surface area contributed by atoms with Crippen LogP contribution in [0.5, 0.6) is 0 Å². The molecule has 5 rings (SSSR count). The van der Waals surface area contributed by atoms with Crippen molar-refractivity contribution >= 4 is 28.8 Å². The summed E-state index contributed by atoms with van der Waals surface area (Å²) in [5.41, 5.74) is 1.66. The Kier molecular flexibility index (Phi) is 5.78. The fourth-order valence-corrected chi connectivity index (χ4v) is 8.87. The summed E-state index contributed by atoms with van der Waals surface area (Å²) in [6.07, 6.45) is 8.28. The van der Waals surface area contributed by atoms with Gasteiger partial charge >= 0.3 is 5.97 Å². The number of pyridine rings is 1. The van der Waals surface area contributed by atoms with Gasteiger partial charge in [-0.15, -0.1) is 0 Å². The molecule has 0 spiro atoms. The lowest BCUT2D eigenvalue weighted by molar-refractivity contribution is -0.150. The van der Waals surface area contributed by atoms with Gasteiger partial charge in [0.05, 0.1) is 5.69 Å². The zero-order chi connectivity index (χ0) is 25.3. The van der Waals surface area contributed by atoms with E-state index in [1.165, 1.54) is 0 Å². The number of carboxylic acids is 1. The van der Waals surface area contributed by atoms with Gasteiger partial charge in [0.1, 0.15) is 5.92 Å². The van der Waals surface area contributed by atoms with E-state index in [-0.39, 0.29) is 22.2 Å². The number of carbonyl (C=O) groups is 2. The normalized spacial score (nSPS) is 38.8. The van der Waals surface area contributed by atoms with E-state index in [2.05, 4.69) is 44.5 Å². The Morgan fingerprint density at radius 2 is 1.91 bits per heavy atom. The molecule has 7 atom stereocenters. The summed E-state index contributed by atoms with van der Waals surface area (Å²) in [5.74, 6) is -0.483. The Hall–Kier alpha value is -2.08. The minimum absolute atomic E-state index is 0.119. The predicted octanol–water partition coefficient (Wildman–Crippen LogP) is 5.54. The Bertz CT molecular complexity index is 1090. The van der Waals surface area contributed by atoms with Gasteiger partial charge < -0.3 is 10.0 Å². The number of carbonyl (C=O) groups excluding carboxylic acids is 1. The summed E-state index contributed by atoms with van der Waals surface area (Å²) >= 11 is 6.04. The number of aliphatic carboxylic acids is 1. The molecule has 3 aliphatic carbocycles. The number of piperidine rings is 1. The van der Waals surface area contributed by atoms with Crippen LogP contribution in [-0.4, -0.2) is 43.7 Å². The van der Waals surface area contributed by atoms with Gasteiger partial charge in [0, 0.05) is 46.3 Å². The summed E-state index contributed by atoms with van der Waals surface area (Å²) in [7, 11) is 0. The lowest BCUT2D eigenvalue weighted by Gasteiger charge is -2.63. The second kappa shape index (κ2) is 8.22. The SMILES string of the molecule is CC(C)(C)N1C[C@H]2[C@@H]3CC[C@H](C(=S)c4ccccn4)[C@@]3(C)CC[C@@H]2[C@@]2(C)CC(C(=O)O)C(=O)C=C12. The molecule has 188 valence electrons. The lowest BCUT2D eigenvalue weighted by atomic mass is 9.48. The van der Waals surface area contributed by atoms with Gasteiger partial charge in [0.15, 0.2) is 5.78 Å². The topological polar surface area (TPSA) is 70.5 Å². The molecule has 2 heterocycles. The molecule has 0 radical (unpaired) electrons. The summed E-state index contributed by atoms with van der Waals surface area (Å²) in [4.78, 5) is 32.9. The van der Waals surface area contributed by atoms with Crippen LogP contribution in [0.3, 0.4) is 0 Å². The number of likely N-dealkylation sites (tertiary alicyclic amines) is 1. The minimum Gasteiger partial charge on any atom is -0.481 e. The van der Waals surface area contributed by atoms with E-state index in [4.69, 9.17) is 12.2 Å². The Labute approximate surface area is 214 Å². The second-order valence-corrected chi connectivity index (χ2v) is 13.3. The third kappa shape index (κ3) is 3.70. The monoisotopic (exact) mass is 494 g/mol. The number of rotatable bonds is 3. The van der Waals surface area contributed by atoms with Crippen molar-refractivity contribution in [2.24, 2.45) is 40.4 Å². The Balaban J connectivity index is 1.53. The van der Waals surface area contributed by atoms with Crippen LogP contribution in [0.25, 0.3) is 0 Å². The summed E-state index contributed by atoms with van der Waals surface area (Å²) < 4.78 is 0. The first-order valence-corrected chi connectivity index (χ1v) is 13.5. The molecule has 0 aromatic carbocycles. The number of allylic oxidation sites excluding steroid dienone is 2. The Morgan fingerprint density at radius 3 is 2.54 bits per heavy atom. The molecule has 0 amide bonds. The maximum atomic E-state index is 12.8. The van der Waals surface area contributed by atoms with Gasteiger partial charge in [-0.25, -0.2) is 0 Å². The molecular weight excluding hydrogens is 456 g/mol. The van der Waals surface area contributed by atoms with Gasteiger partial charge in [0.2, 0.25) is 0 Å². The molecule has 1 N–H and O–H groups in total. The van der Waals surface area contributed by atoms with Crippen molar-refractivity contribution in [1.82, 2.24) is 9.88 Å². The maximum Gasteiger partial charge on any atom is 0.314 e. The molecular formula is C29H38N2O3S. The summed E-state index contributed by atoms with van der Waals surface area (Å²) in [6, 6.07) is 5.99. The van der Waals surface area contributed by atoms with Crippen molar-refractivity contribution in [3.05, 3.63) is 41.9 Å². The molecule has 1 unspecified atom stereocenters. The minimum atomic E-state index is -0.988. The standard InChI is InChI=1S/C29H38N2O3S/c1-27(2,3)31-16-18-19-9-10-21(25(35)22-8-6-7-13-30-22)28(19,4)12-11-20(18)29(5)15-17(26(33)34)23(32)14-24(29)31/h6-8,13-14,17-21H,9-12,15-16H2,1-5H3,(H,33,34)/t17?,18-,19-,20-,21+,28-,29+/m0/s1. The fraction of sp³-hybridized carbons (Fsp3) is 0.655. The largest absolute Gasteiger partial charge is 0.481 e. The van der Waals surface area contributed by atoms with Crippen LogP contribution >= 0.6 is 12.2 Å². The number of thiocarbonyl (C=S) groups is 1. The smallest absolute Gasteiger partial charge is 0.314 e. The molecule has 2 saturated carbocycles. The van der Waals surface area contributed by atoms with Crippen molar-refractivity contribution in [3.8, 4) is 0 Å². The van der Waals surface area contributed by atoms with Crippen LogP contribution in [0.4, 0.5) is 0 Å². The molecule has 35 heavy (non-hydrogen) atoms. The van der Waals surface area contributed by atoms with Crippen LogP contribution in [0.15, 0.2) is 36.2 Å². The average molecular weight is 495 g/mol. The number of hydrogen-bond donors (Lipinski definition) is 1. The molecule has 1 saturated heterocycles. The third-order valence-corrected chi connectivity index (χ3v) is 10.6. The highest BCUT2D eigenvalue weighted by Gasteiger charge is 2.62. The first kappa shape index (κ1) is 24.6. The van der Waals surface area contributed by atoms with E-state index in [0.717, 1.165) is 48.5 Å². The molecule has 4 aliphatic rings. The summed E-state index contributed by atoms with van der Waals surface area (Å²) in [5, 5.41) is 9.85. The molecule has 0 bridgehead atoms. The highest BCUT2D eigenvalue weighted by atomic mass is 32.1. The average Bonchev–Trinajstić information content (AvgIpc) is 3.15. The van der Waals surface area contributed by atoms with E-state index in [1.54, 1.807) is 6.08 Å². The lowest BCUT2D eigenvalue weighted by Crippen LogP contribution is -2.62. The third-order valence-electron chi connectivity index (χ3n) is 10.1. The van der Waals surface area contributed by atoms with Crippen molar-refractivity contribution in [2.45, 2.75) is 72.3 Å². The van der Waals surface area contributed by atoms with Crippen LogP contribution in [-0.2, 0) is 9.59 Å². The van der Waals surface area contributed by atoms with Gasteiger partial charge in [0.25, 0.3) is 0 Å². The van der Waals surface area contributed by atoms with Crippen molar-refractivity contribution in [1.29, 1.82) is 0 Å². The first-order chi connectivity index (χ1) is 16.4. The zero-order valence-corrected chi connectivity index (χ0v) is 22.4. The molecule has 1 aliphatic heterocycles. The maximum absolute atomic E-state index is 12.8. The number of aromatic nitrogens is 1. The highest BCUT2D eigenvalue weighted by molar-refractivity contribution is 7.80. The number of nitrogens with zero attached hydrogens (tertiary/aromatic N) is 2. The first-order valence-electron chi connectivity index (χ1n) is 13.1. The van der Waals surface area contributed by atoms with E-state index >= 15 is 0 Å². The predicted molar refractivity (Wildman–Crippen MR) is 140 cm³/mol. The number of ketones is 1. The van der Waals surface area contributed by atoms with E-state index in [1.807, 2.05) is 24.4 Å². The molecule has 6 heteroatoms. The molecule has 5 nitrogen and oxygen atoms in total. The van der Waals surface area contributed by atoms with Crippen LogP contribution < -0.4 is 0 Å². The van der Waals surface area contributed by atoms with Crippen LogP contribution in [0.2, 0.25) is 0 Å². The second-order valence-electron chi connectivity index (χ2n) is 12.9. The van der Waals surface area contributed by atoms with Crippen LogP contribution in [0, 0.1) is 40.4 Å². The highest BCUT2D eigenvalue weighted by Crippen LogP contribution is 2.66. The molecule has 1 aromatic heterocycles. The van der Waals surface area contributed by atoms with Crippen molar-refractivity contribution in [2.75, 3.05) is 6.54 Å². The number of hydrogen-bond acceptors (Lipinski definition) is 5. The van der Waals surface area contributed by atoms with Crippen LogP contribution in [0.1, 0.15) is 72.4 Å². The van der Waals surface area contributed by atoms with Crippen molar-refractivity contribution in [3.63, 3.8) is 0 Å². The quantitative estimate of drug-likeness (QED) is 0.338. The number of carboxylic acid groups (broad SMARTS) is 1. The number of fused-ring (bicyclic) bond motifs is 5. The van der Waals surface area contributed by atoms with Gasteiger partial charge in [-0.3, -0.25) is 14.6 Å². The van der Waals surface area contributed by atoms with Crippen molar-refractivity contribution < 1.29 is 14.7 Å². The fourth-order valence-electron chi connectivity index (χ4n) is 8.36.